The number of carbonyl (C=O) groups is 3. The molecule has 0 aromatic heterocycles. The lowest BCUT2D eigenvalue weighted by molar-refractivity contribution is -0.167. The molecule has 0 aliphatic carbocycles. The van der Waals surface area contributed by atoms with Gasteiger partial charge in [-0.1, -0.05) is 304 Å². The maximum absolute atomic E-state index is 13.0. The van der Waals surface area contributed by atoms with Gasteiger partial charge in [-0.05, 0) is 122 Å². The van der Waals surface area contributed by atoms with Gasteiger partial charge < -0.3 is 14.2 Å². The van der Waals surface area contributed by atoms with Gasteiger partial charge in [-0.15, -0.1) is 0 Å². The minimum Gasteiger partial charge on any atom is -0.462 e. The van der Waals surface area contributed by atoms with Gasteiger partial charge in [0.25, 0.3) is 0 Å². The Kier molecular flexibility index (Phi) is 66.2. The summed E-state index contributed by atoms with van der Waals surface area (Å²) in [6, 6.07) is 0. The fourth-order valence-corrected chi connectivity index (χ4v) is 9.75. The molecule has 0 saturated carbocycles. The second-order valence-corrected chi connectivity index (χ2v) is 23.1. The van der Waals surface area contributed by atoms with Crippen LogP contribution in [0, 0.1) is 0 Å². The van der Waals surface area contributed by atoms with Crippen LogP contribution in [0.5, 0.6) is 0 Å². The van der Waals surface area contributed by atoms with Gasteiger partial charge in [0.05, 0.1) is 0 Å². The SMILES string of the molecule is CC/C=C\C/C=C\C/C=C\C/C=C\C/C=C\CCCCCCCCCC(=O)OC(COC(=O)CCCCCCC/C=C\C/C=C\CCCC)COC(=O)CCCCCCCCCCCCCCCCC/C=C\C/C=C\CCCCCCC. The standard InChI is InChI=1S/C76H130O6/c1-4-7-10-13-16-19-22-25-28-30-32-34-36-37-38-39-41-42-44-46-48-51-54-57-60-63-66-69-75(78)81-72-73(71-80-74(77)68-65-62-59-56-53-50-27-24-21-18-15-12-9-6-3)82-76(79)70-67-64-61-58-55-52-49-47-45-43-40-35-33-31-29-26-23-20-17-14-11-8-5-2/h8,11,15,17-18,20,22,24-27,29-30,32-33,35,43,45,73H,4-7,9-10,12-14,16,19,21,23,28,31,34,36-42,44,46-72H2,1-3H3/b11-8-,18-15-,20-17-,25-22-,27-24-,29-26-,32-30-,35-33-,45-43-. The molecular formula is C76H130O6. The van der Waals surface area contributed by atoms with E-state index in [0.29, 0.717) is 19.3 Å². The number of ether oxygens (including phenoxy) is 3. The lowest BCUT2D eigenvalue weighted by atomic mass is 10.0. The fourth-order valence-electron chi connectivity index (χ4n) is 9.75. The van der Waals surface area contributed by atoms with Crippen LogP contribution in [-0.2, 0) is 28.6 Å². The Hall–Kier alpha value is -3.93. The first-order valence-electron chi connectivity index (χ1n) is 34.9. The first kappa shape index (κ1) is 78.1. The topological polar surface area (TPSA) is 78.9 Å². The van der Waals surface area contributed by atoms with Gasteiger partial charge >= 0.3 is 17.9 Å². The number of hydrogen-bond donors (Lipinski definition) is 0. The summed E-state index contributed by atoms with van der Waals surface area (Å²) in [4.78, 5) is 38.4. The normalized spacial score (nSPS) is 12.8. The predicted molar refractivity (Wildman–Crippen MR) is 357 cm³/mol. The van der Waals surface area contributed by atoms with Gasteiger partial charge in [0.15, 0.2) is 6.10 Å². The minimum absolute atomic E-state index is 0.0866. The van der Waals surface area contributed by atoms with Crippen LogP contribution in [0.2, 0.25) is 0 Å². The van der Waals surface area contributed by atoms with Gasteiger partial charge in [-0.2, -0.15) is 0 Å². The first-order valence-corrected chi connectivity index (χ1v) is 34.9. The monoisotopic (exact) mass is 1140 g/mol. The number of esters is 3. The van der Waals surface area contributed by atoms with Gasteiger partial charge in [0, 0.05) is 19.3 Å². The zero-order valence-electron chi connectivity index (χ0n) is 54.0. The van der Waals surface area contributed by atoms with Crippen LogP contribution >= 0.6 is 0 Å². The van der Waals surface area contributed by atoms with Crippen molar-refractivity contribution in [2.45, 2.75) is 341 Å². The largest absolute Gasteiger partial charge is 0.462 e. The molecule has 1 atom stereocenters. The van der Waals surface area contributed by atoms with Crippen LogP contribution in [0.3, 0.4) is 0 Å². The molecule has 6 nitrogen and oxygen atoms in total. The van der Waals surface area contributed by atoms with E-state index in [2.05, 4.69) is 130 Å². The molecule has 0 saturated heterocycles. The third kappa shape index (κ3) is 66.9. The molecule has 0 fully saturated rings. The smallest absolute Gasteiger partial charge is 0.306 e. The predicted octanol–water partition coefficient (Wildman–Crippen LogP) is 24.2. The number of unbranched alkanes of at least 4 members (excludes halogenated alkanes) is 34. The van der Waals surface area contributed by atoms with Gasteiger partial charge in [0.2, 0.25) is 0 Å². The molecular weight excluding hydrogens is 1010 g/mol. The lowest BCUT2D eigenvalue weighted by Gasteiger charge is -2.18. The van der Waals surface area contributed by atoms with Crippen molar-refractivity contribution in [2.24, 2.45) is 0 Å². The molecule has 0 aromatic carbocycles. The molecule has 6 heteroatoms. The van der Waals surface area contributed by atoms with Gasteiger partial charge in [0.1, 0.15) is 13.2 Å². The molecule has 0 amide bonds. The number of hydrogen-bond acceptors (Lipinski definition) is 6. The summed E-state index contributed by atoms with van der Waals surface area (Å²) in [6.07, 6.45) is 95.4. The molecule has 0 bridgehead atoms. The minimum atomic E-state index is -0.793. The number of rotatable bonds is 63. The Bertz CT molecular complexity index is 1640. The molecule has 0 aromatic rings. The third-order valence-electron chi connectivity index (χ3n) is 15.0. The fraction of sp³-hybridized carbons (Fsp3) is 0.724. The molecule has 0 aliphatic heterocycles. The Balaban J connectivity index is 4.32. The molecule has 0 spiro atoms. The quantitative estimate of drug-likeness (QED) is 0.0261. The van der Waals surface area contributed by atoms with Crippen LogP contribution in [0.4, 0.5) is 0 Å². The van der Waals surface area contributed by atoms with Crippen LogP contribution in [0.25, 0.3) is 0 Å². The van der Waals surface area contributed by atoms with Crippen LogP contribution in [-0.4, -0.2) is 37.2 Å². The molecule has 0 rings (SSSR count). The molecule has 0 radical (unpaired) electrons. The summed E-state index contributed by atoms with van der Waals surface area (Å²) in [5.41, 5.74) is 0. The van der Waals surface area contributed by atoms with E-state index in [4.69, 9.17) is 14.2 Å². The van der Waals surface area contributed by atoms with E-state index >= 15 is 0 Å². The first-order chi connectivity index (χ1) is 40.5. The second-order valence-electron chi connectivity index (χ2n) is 23.1. The van der Waals surface area contributed by atoms with E-state index < -0.39 is 6.10 Å². The van der Waals surface area contributed by atoms with Crippen molar-refractivity contribution in [3.05, 3.63) is 109 Å². The Morgan fingerprint density at radius 2 is 0.488 bits per heavy atom. The number of allylic oxidation sites excluding steroid dienone is 18. The van der Waals surface area contributed by atoms with Crippen molar-refractivity contribution in [1.82, 2.24) is 0 Å². The zero-order valence-corrected chi connectivity index (χ0v) is 54.0. The number of carbonyl (C=O) groups excluding carboxylic acids is 3. The van der Waals surface area contributed by atoms with E-state index in [9.17, 15) is 14.4 Å². The van der Waals surface area contributed by atoms with Crippen molar-refractivity contribution in [2.75, 3.05) is 13.2 Å². The summed E-state index contributed by atoms with van der Waals surface area (Å²) in [7, 11) is 0. The molecule has 0 aliphatic rings. The van der Waals surface area contributed by atoms with Crippen LogP contribution in [0.1, 0.15) is 335 Å². The lowest BCUT2D eigenvalue weighted by Crippen LogP contribution is -2.30. The Morgan fingerprint density at radius 3 is 0.780 bits per heavy atom. The van der Waals surface area contributed by atoms with Crippen molar-refractivity contribution in [1.29, 1.82) is 0 Å². The highest BCUT2D eigenvalue weighted by Crippen LogP contribution is 2.17. The Labute approximate surface area is 508 Å². The summed E-state index contributed by atoms with van der Waals surface area (Å²) in [5.74, 6) is -0.901. The van der Waals surface area contributed by atoms with E-state index in [1.807, 2.05) is 0 Å². The van der Waals surface area contributed by atoms with Crippen molar-refractivity contribution in [3.63, 3.8) is 0 Å². The van der Waals surface area contributed by atoms with Gasteiger partial charge in [-0.25, -0.2) is 0 Å². The van der Waals surface area contributed by atoms with E-state index in [1.165, 1.54) is 167 Å². The summed E-state index contributed by atoms with van der Waals surface area (Å²) in [6.45, 7) is 6.49. The highest BCUT2D eigenvalue weighted by molar-refractivity contribution is 5.71. The van der Waals surface area contributed by atoms with E-state index in [-0.39, 0.29) is 31.1 Å². The van der Waals surface area contributed by atoms with Crippen LogP contribution < -0.4 is 0 Å². The van der Waals surface area contributed by atoms with E-state index in [1.54, 1.807) is 0 Å². The molecule has 0 heterocycles. The van der Waals surface area contributed by atoms with Gasteiger partial charge in [-0.3, -0.25) is 14.4 Å². The van der Waals surface area contributed by atoms with Crippen molar-refractivity contribution >= 4 is 17.9 Å². The highest BCUT2D eigenvalue weighted by Gasteiger charge is 2.19. The van der Waals surface area contributed by atoms with Crippen molar-refractivity contribution in [3.8, 4) is 0 Å². The zero-order chi connectivity index (χ0) is 59.2. The van der Waals surface area contributed by atoms with Crippen LogP contribution in [0.15, 0.2) is 109 Å². The molecule has 82 heavy (non-hydrogen) atoms. The molecule has 1 unspecified atom stereocenters. The average Bonchev–Trinajstić information content (AvgIpc) is 3.47. The molecule has 0 N–H and O–H groups in total. The van der Waals surface area contributed by atoms with Crippen molar-refractivity contribution < 1.29 is 28.6 Å². The molecule has 470 valence electrons. The maximum Gasteiger partial charge on any atom is 0.306 e. The summed E-state index contributed by atoms with van der Waals surface area (Å²) < 4.78 is 17.0. The third-order valence-corrected chi connectivity index (χ3v) is 15.0. The summed E-state index contributed by atoms with van der Waals surface area (Å²) in [5, 5.41) is 0. The Morgan fingerprint density at radius 1 is 0.256 bits per heavy atom. The average molecular weight is 1140 g/mol. The summed E-state index contributed by atoms with van der Waals surface area (Å²) >= 11 is 0. The maximum atomic E-state index is 13.0. The highest BCUT2D eigenvalue weighted by atomic mass is 16.6. The second kappa shape index (κ2) is 69.6. The van der Waals surface area contributed by atoms with E-state index in [0.717, 1.165) is 128 Å².